The predicted octanol–water partition coefficient (Wildman–Crippen LogP) is 0.547. The predicted molar refractivity (Wildman–Crippen MR) is 59.0 cm³/mol. The van der Waals surface area contributed by atoms with Gasteiger partial charge >= 0.3 is 5.97 Å². The summed E-state index contributed by atoms with van der Waals surface area (Å²) in [7, 11) is 0. The summed E-state index contributed by atoms with van der Waals surface area (Å²) in [6, 6.07) is 0. The number of aliphatic hydroxyl groups excluding tert-OH is 1. The first-order valence-electron chi connectivity index (χ1n) is 5.16. The minimum Gasteiger partial charge on any atom is -0.478 e. The Hall–Kier alpha value is -1.83. The van der Waals surface area contributed by atoms with E-state index in [0.29, 0.717) is 0 Å². The van der Waals surface area contributed by atoms with Gasteiger partial charge < -0.3 is 15.1 Å². The Bertz CT molecular complexity index is 429. The van der Waals surface area contributed by atoms with Crippen molar-refractivity contribution in [2.75, 3.05) is 24.6 Å². The maximum absolute atomic E-state index is 12.3. The van der Waals surface area contributed by atoms with Crippen molar-refractivity contribution in [3.63, 3.8) is 0 Å². The summed E-state index contributed by atoms with van der Waals surface area (Å²) < 4.78 is 24.7. The Balaban J connectivity index is 2.98. The molecule has 0 unspecified atom stereocenters. The summed E-state index contributed by atoms with van der Waals surface area (Å²) in [5, 5.41) is 17.6. The molecule has 0 spiro atoms. The van der Waals surface area contributed by atoms with E-state index in [1.807, 2.05) is 0 Å². The van der Waals surface area contributed by atoms with Gasteiger partial charge in [0, 0.05) is 12.7 Å². The second kappa shape index (κ2) is 6.20. The number of aliphatic hydroxyl groups is 1. The van der Waals surface area contributed by atoms with Crippen LogP contribution < -0.4 is 4.90 Å². The molecule has 1 heterocycles. The van der Waals surface area contributed by atoms with Crippen molar-refractivity contribution in [1.29, 1.82) is 0 Å². The van der Waals surface area contributed by atoms with Crippen molar-refractivity contribution in [2.24, 2.45) is 0 Å². The van der Waals surface area contributed by atoms with Gasteiger partial charge in [-0.3, -0.25) is 0 Å². The third-order valence-corrected chi connectivity index (χ3v) is 2.21. The van der Waals surface area contributed by atoms with E-state index in [4.69, 9.17) is 10.2 Å². The van der Waals surface area contributed by atoms with Crippen LogP contribution in [0.4, 0.5) is 14.7 Å². The van der Waals surface area contributed by atoms with Crippen LogP contribution in [0.2, 0.25) is 0 Å². The molecule has 0 radical (unpaired) electrons. The van der Waals surface area contributed by atoms with Crippen molar-refractivity contribution < 1.29 is 23.8 Å². The molecular weight excluding hydrogens is 248 g/mol. The Morgan fingerprint density at radius 2 is 2.22 bits per heavy atom. The average molecular weight is 261 g/mol. The number of aryl methyl sites for hydroxylation is 1. The standard InChI is InChI=1S/C10H13F2N3O3/c1-6-7(9(17)18)4-13-10(14-6)15(2-3-16)5-8(11)12/h4,8,16H,2-3,5H2,1H3,(H,17,18). The van der Waals surface area contributed by atoms with Crippen molar-refractivity contribution in [3.8, 4) is 0 Å². The molecule has 1 rings (SSSR count). The molecule has 18 heavy (non-hydrogen) atoms. The molecule has 8 heteroatoms. The Kier molecular flexibility index (Phi) is 4.90. The second-order valence-corrected chi connectivity index (χ2v) is 3.53. The van der Waals surface area contributed by atoms with E-state index in [2.05, 4.69) is 9.97 Å². The lowest BCUT2D eigenvalue weighted by atomic mass is 10.2. The number of nitrogens with zero attached hydrogens (tertiary/aromatic N) is 3. The maximum Gasteiger partial charge on any atom is 0.339 e. The summed E-state index contributed by atoms with van der Waals surface area (Å²) >= 11 is 0. The van der Waals surface area contributed by atoms with Crippen molar-refractivity contribution in [1.82, 2.24) is 9.97 Å². The molecule has 0 amide bonds. The zero-order valence-corrected chi connectivity index (χ0v) is 9.68. The number of halogens is 2. The molecule has 6 nitrogen and oxygen atoms in total. The molecule has 1 aromatic rings. The third-order valence-electron chi connectivity index (χ3n) is 2.21. The summed E-state index contributed by atoms with van der Waals surface area (Å²) in [4.78, 5) is 19.4. The van der Waals surface area contributed by atoms with Crippen LogP contribution in [0, 0.1) is 6.92 Å². The van der Waals surface area contributed by atoms with Gasteiger partial charge in [-0.25, -0.2) is 23.5 Å². The highest BCUT2D eigenvalue weighted by Gasteiger charge is 2.17. The highest BCUT2D eigenvalue weighted by Crippen LogP contribution is 2.12. The molecular formula is C10H13F2N3O3. The van der Waals surface area contributed by atoms with Crippen LogP contribution in [0.5, 0.6) is 0 Å². The maximum atomic E-state index is 12.3. The molecule has 0 atom stereocenters. The minimum atomic E-state index is -2.60. The first kappa shape index (κ1) is 14.2. The number of anilines is 1. The molecule has 1 aromatic heterocycles. The van der Waals surface area contributed by atoms with Gasteiger partial charge in [0.05, 0.1) is 24.4 Å². The fourth-order valence-corrected chi connectivity index (χ4v) is 1.38. The fourth-order valence-electron chi connectivity index (χ4n) is 1.38. The van der Waals surface area contributed by atoms with E-state index in [1.54, 1.807) is 0 Å². The van der Waals surface area contributed by atoms with Crippen LogP contribution in [-0.2, 0) is 0 Å². The monoisotopic (exact) mass is 261 g/mol. The van der Waals surface area contributed by atoms with Gasteiger partial charge in [-0.1, -0.05) is 0 Å². The number of hydrogen-bond acceptors (Lipinski definition) is 5. The molecule has 2 N–H and O–H groups in total. The summed E-state index contributed by atoms with van der Waals surface area (Å²) in [6.07, 6.45) is -1.53. The SMILES string of the molecule is Cc1nc(N(CCO)CC(F)F)ncc1C(=O)O. The number of rotatable bonds is 6. The van der Waals surface area contributed by atoms with Crippen LogP contribution in [0.3, 0.4) is 0 Å². The van der Waals surface area contributed by atoms with Gasteiger partial charge in [-0.15, -0.1) is 0 Å². The lowest BCUT2D eigenvalue weighted by Gasteiger charge is -2.21. The Labute approximate surface area is 102 Å². The first-order chi connectivity index (χ1) is 8.45. The van der Waals surface area contributed by atoms with Crippen molar-refractivity contribution in [2.45, 2.75) is 13.3 Å². The van der Waals surface area contributed by atoms with Crippen molar-refractivity contribution in [3.05, 3.63) is 17.5 Å². The smallest absolute Gasteiger partial charge is 0.339 e. The minimum absolute atomic E-state index is 0.0214. The highest BCUT2D eigenvalue weighted by molar-refractivity contribution is 5.88. The lowest BCUT2D eigenvalue weighted by Crippen LogP contribution is -2.33. The summed E-state index contributed by atoms with van der Waals surface area (Å²) in [5.41, 5.74) is 0.101. The molecule has 0 fully saturated rings. The Morgan fingerprint density at radius 3 is 2.67 bits per heavy atom. The zero-order chi connectivity index (χ0) is 13.7. The van der Waals surface area contributed by atoms with Crippen molar-refractivity contribution >= 4 is 11.9 Å². The van der Waals surface area contributed by atoms with Crippen LogP contribution >= 0.6 is 0 Å². The molecule has 0 aliphatic rings. The number of alkyl halides is 2. The van der Waals surface area contributed by atoms with Gasteiger partial charge in [-0.2, -0.15) is 0 Å². The molecule has 0 aliphatic carbocycles. The number of carboxylic acids is 1. The molecule has 0 saturated heterocycles. The average Bonchev–Trinajstić information content (AvgIpc) is 2.27. The van der Waals surface area contributed by atoms with E-state index in [9.17, 15) is 13.6 Å². The van der Waals surface area contributed by atoms with E-state index in [0.717, 1.165) is 11.1 Å². The fraction of sp³-hybridized carbons (Fsp3) is 0.500. The molecule has 0 aromatic carbocycles. The highest BCUT2D eigenvalue weighted by atomic mass is 19.3. The molecule has 0 bridgehead atoms. The topological polar surface area (TPSA) is 86.5 Å². The first-order valence-corrected chi connectivity index (χ1v) is 5.16. The lowest BCUT2D eigenvalue weighted by molar-refractivity contribution is 0.0695. The number of aromatic carboxylic acids is 1. The number of carbonyl (C=O) groups is 1. The zero-order valence-electron chi connectivity index (χ0n) is 9.68. The quantitative estimate of drug-likeness (QED) is 0.777. The van der Waals surface area contributed by atoms with Gasteiger partial charge in [0.2, 0.25) is 5.95 Å². The second-order valence-electron chi connectivity index (χ2n) is 3.53. The molecule has 0 saturated carbocycles. The summed E-state index contributed by atoms with van der Waals surface area (Å²) in [5.74, 6) is -1.20. The number of aromatic nitrogens is 2. The van der Waals surface area contributed by atoms with Crippen LogP contribution in [0.15, 0.2) is 6.20 Å². The van der Waals surface area contributed by atoms with E-state index >= 15 is 0 Å². The van der Waals surface area contributed by atoms with Gasteiger partial charge in [-0.05, 0) is 6.92 Å². The van der Waals surface area contributed by atoms with Crippen LogP contribution in [0.1, 0.15) is 16.1 Å². The van der Waals surface area contributed by atoms with Gasteiger partial charge in [0.15, 0.2) is 0 Å². The number of carboxylic acid groups (broad SMARTS) is 1. The van der Waals surface area contributed by atoms with Gasteiger partial charge in [0.25, 0.3) is 6.43 Å². The number of hydrogen-bond donors (Lipinski definition) is 2. The molecule has 0 aliphatic heterocycles. The van der Waals surface area contributed by atoms with Crippen LogP contribution in [-0.4, -0.2) is 52.3 Å². The van der Waals surface area contributed by atoms with Crippen LogP contribution in [0.25, 0.3) is 0 Å². The Morgan fingerprint density at radius 1 is 1.56 bits per heavy atom. The largest absolute Gasteiger partial charge is 0.478 e. The van der Waals surface area contributed by atoms with E-state index < -0.39 is 18.9 Å². The summed E-state index contributed by atoms with van der Waals surface area (Å²) in [6.45, 7) is 0.465. The van der Waals surface area contributed by atoms with E-state index in [-0.39, 0.29) is 30.4 Å². The third kappa shape index (κ3) is 3.59. The van der Waals surface area contributed by atoms with Gasteiger partial charge in [0.1, 0.15) is 0 Å². The normalized spacial score (nSPS) is 10.7. The van der Waals surface area contributed by atoms with E-state index in [1.165, 1.54) is 6.92 Å². The molecule has 100 valence electrons.